The molecule has 2 aromatic rings. The standard InChI is InChI=1S/C13H13N3O4/c1-9-3-5-10(6-4-9)7-15-8-11(13(17)20-2)12(14-15)16(18)19/h3-6,8H,7H2,1-2H3. The van der Waals surface area contributed by atoms with Crippen LogP contribution in [0.1, 0.15) is 21.5 Å². The van der Waals surface area contributed by atoms with Crippen LogP contribution in [-0.2, 0) is 11.3 Å². The maximum atomic E-state index is 11.5. The molecular weight excluding hydrogens is 262 g/mol. The number of carbonyl (C=O) groups is 1. The highest BCUT2D eigenvalue weighted by atomic mass is 16.6. The van der Waals surface area contributed by atoms with Crippen molar-refractivity contribution in [2.75, 3.05) is 7.11 Å². The zero-order chi connectivity index (χ0) is 14.7. The van der Waals surface area contributed by atoms with Crippen molar-refractivity contribution in [1.82, 2.24) is 9.78 Å². The maximum absolute atomic E-state index is 11.5. The quantitative estimate of drug-likeness (QED) is 0.483. The zero-order valence-electron chi connectivity index (χ0n) is 11.1. The van der Waals surface area contributed by atoms with Crippen LogP contribution in [0.4, 0.5) is 5.82 Å². The van der Waals surface area contributed by atoms with Crippen LogP contribution >= 0.6 is 0 Å². The SMILES string of the molecule is COC(=O)c1cn(Cc2ccc(C)cc2)nc1[N+](=O)[O-]. The van der Waals surface area contributed by atoms with Gasteiger partial charge in [0.25, 0.3) is 0 Å². The number of hydrogen-bond acceptors (Lipinski definition) is 5. The number of aryl methyl sites for hydroxylation is 1. The lowest BCUT2D eigenvalue weighted by Gasteiger charge is -1.98. The molecule has 0 spiro atoms. The maximum Gasteiger partial charge on any atom is 0.404 e. The van der Waals surface area contributed by atoms with E-state index < -0.39 is 16.7 Å². The molecule has 0 unspecified atom stereocenters. The van der Waals surface area contributed by atoms with E-state index in [1.165, 1.54) is 18.0 Å². The lowest BCUT2D eigenvalue weighted by molar-refractivity contribution is -0.390. The molecule has 0 aliphatic carbocycles. The van der Waals surface area contributed by atoms with E-state index >= 15 is 0 Å². The summed E-state index contributed by atoms with van der Waals surface area (Å²) in [4.78, 5) is 21.6. The Morgan fingerprint density at radius 2 is 2.05 bits per heavy atom. The summed E-state index contributed by atoms with van der Waals surface area (Å²) >= 11 is 0. The van der Waals surface area contributed by atoms with Crippen LogP contribution in [0.2, 0.25) is 0 Å². The third kappa shape index (κ3) is 2.82. The number of carbonyl (C=O) groups excluding carboxylic acids is 1. The molecule has 7 nitrogen and oxygen atoms in total. The summed E-state index contributed by atoms with van der Waals surface area (Å²) in [5, 5.41) is 14.7. The van der Waals surface area contributed by atoms with Gasteiger partial charge in [-0.05, 0) is 17.4 Å². The van der Waals surface area contributed by atoms with Crippen LogP contribution < -0.4 is 0 Å². The summed E-state index contributed by atoms with van der Waals surface area (Å²) in [7, 11) is 1.17. The second-order valence-electron chi connectivity index (χ2n) is 4.30. The molecule has 0 aliphatic heterocycles. The van der Waals surface area contributed by atoms with Crippen molar-refractivity contribution < 1.29 is 14.5 Å². The smallest absolute Gasteiger partial charge is 0.404 e. The molecule has 1 aromatic heterocycles. The third-order valence-electron chi connectivity index (χ3n) is 2.79. The van der Waals surface area contributed by atoms with Crippen molar-refractivity contribution in [1.29, 1.82) is 0 Å². The number of benzene rings is 1. The van der Waals surface area contributed by atoms with Gasteiger partial charge < -0.3 is 14.9 Å². The molecule has 0 atom stereocenters. The molecule has 7 heteroatoms. The van der Waals surface area contributed by atoms with Gasteiger partial charge in [-0.25, -0.2) is 4.79 Å². The molecule has 20 heavy (non-hydrogen) atoms. The summed E-state index contributed by atoms with van der Waals surface area (Å²) in [6, 6.07) is 7.68. The number of aromatic nitrogens is 2. The molecule has 0 amide bonds. The molecular formula is C13H13N3O4. The van der Waals surface area contributed by atoms with Gasteiger partial charge in [0, 0.05) is 0 Å². The minimum atomic E-state index is -0.771. The van der Waals surface area contributed by atoms with E-state index in [0.717, 1.165) is 11.1 Å². The molecule has 1 aromatic carbocycles. The fraction of sp³-hybridized carbons (Fsp3) is 0.231. The Hall–Kier alpha value is -2.70. The molecule has 0 radical (unpaired) electrons. The van der Waals surface area contributed by atoms with Crippen molar-refractivity contribution in [2.24, 2.45) is 0 Å². The van der Waals surface area contributed by atoms with Gasteiger partial charge in [-0.15, -0.1) is 0 Å². The second-order valence-corrected chi connectivity index (χ2v) is 4.30. The number of nitrogens with zero attached hydrogens (tertiary/aromatic N) is 3. The Labute approximate surface area is 114 Å². The van der Waals surface area contributed by atoms with E-state index in [4.69, 9.17) is 0 Å². The fourth-order valence-corrected chi connectivity index (χ4v) is 1.76. The van der Waals surface area contributed by atoms with Crippen LogP contribution in [0.25, 0.3) is 0 Å². The van der Waals surface area contributed by atoms with Gasteiger partial charge in [-0.3, -0.25) is 0 Å². The molecule has 0 saturated heterocycles. The van der Waals surface area contributed by atoms with Crippen molar-refractivity contribution in [2.45, 2.75) is 13.5 Å². The third-order valence-corrected chi connectivity index (χ3v) is 2.79. The summed E-state index contributed by atoms with van der Waals surface area (Å²) in [5.74, 6) is -1.27. The van der Waals surface area contributed by atoms with Gasteiger partial charge in [0.05, 0.1) is 25.0 Å². The van der Waals surface area contributed by atoms with Crippen molar-refractivity contribution in [3.8, 4) is 0 Å². The average molecular weight is 275 g/mol. The highest BCUT2D eigenvalue weighted by Gasteiger charge is 2.27. The summed E-state index contributed by atoms with van der Waals surface area (Å²) < 4.78 is 5.87. The first-order valence-corrected chi connectivity index (χ1v) is 5.87. The van der Waals surface area contributed by atoms with Crippen LogP contribution in [-0.4, -0.2) is 27.8 Å². The second kappa shape index (κ2) is 5.52. The van der Waals surface area contributed by atoms with Crippen LogP contribution in [0.15, 0.2) is 30.5 Å². The number of methoxy groups -OCH3 is 1. The number of ether oxygens (including phenoxy) is 1. The Morgan fingerprint density at radius 1 is 1.40 bits per heavy atom. The molecule has 0 saturated carbocycles. The monoisotopic (exact) mass is 275 g/mol. The van der Waals surface area contributed by atoms with Gasteiger partial charge in [0.1, 0.15) is 0 Å². The fourth-order valence-electron chi connectivity index (χ4n) is 1.76. The van der Waals surface area contributed by atoms with Gasteiger partial charge in [0.15, 0.2) is 5.56 Å². The van der Waals surface area contributed by atoms with Crippen molar-refractivity contribution >= 4 is 11.8 Å². The Morgan fingerprint density at radius 3 is 2.60 bits per heavy atom. The summed E-state index contributed by atoms with van der Waals surface area (Å²) in [5.41, 5.74) is 1.91. The molecule has 1 heterocycles. The first-order valence-electron chi connectivity index (χ1n) is 5.87. The predicted molar refractivity (Wildman–Crippen MR) is 70.5 cm³/mol. The van der Waals surface area contributed by atoms with Crippen molar-refractivity contribution in [3.63, 3.8) is 0 Å². The molecule has 0 fully saturated rings. The Kier molecular flexibility index (Phi) is 3.79. The van der Waals surface area contributed by atoms with Gasteiger partial charge in [-0.2, -0.15) is 4.68 Å². The van der Waals surface area contributed by atoms with E-state index in [0.29, 0.717) is 6.54 Å². The van der Waals surface area contributed by atoms with Crippen molar-refractivity contribution in [3.05, 3.63) is 57.3 Å². The van der Waals surface area contributed by atoms with E-state index in [9.17, 15) is 14.9 Å². The van der Waals surface area contributed by atoms with E-state index in [2.05, 4.69) is 9.84 Å². The minimum absolute atomic E-state index is 0.149. The average Bonchev–Trinajstić information content (AvgIpc) is 2.84. The lowest BCUT2D eigenvalue weighted by atomic mass is 10.1. The number of hydrogen-bond donors (Lipinski definition) is 0. The molecule has 0 N–H and O–H groups in total. The molecule has 0 bridgehead atoms. The summed E-state index contributed by atoms with van der Waals surface area (Å²) in [6.45, 7) is 2.32. The van der Waals surface area contributed by atoms with Crippen LogP contribution in [0.5, 0.6) is 0 Å². The molecule has 0 aliphatic rings. The van der Waals surface area contributed by atoms with Gasteiger partial charge in [0.2, 0.25) is 0 Å². The lowest BCUT2D eigenvalue weighted by Crippen LogP contribution is -2.03. The highest BCUT2D eigenvalue weighted by molar-refractivity contribution is 5.92. The van der Waals surface area contributed by atoms with E-state index in [1.54, 1.807) is 0 Å². The molecule has 104 valence electrons. The Bertz CT molecular complexity index is 646. The topological polar surface area (TPSA) is 87.3 Å². The van der Waals surface area contributed by atoms with Gasteiger partial charge in [-0.1, -0.05) is 29.8 Å². The zero-order valence-corrected chi connectivity index (χ0v) is 11.1. The number of esters is 1. The number of rotatable bonds is 4. The van der Waals surface area contributed by atoms with Crippen LogP contribution in [0.3, 0.4) is 0 Å². The van der Waals surface area contributed by atoms with E-state index in [-0.39, 0.29) is 5.56 Å². The Balaban J connectivity index is 2.31. The van der Waals surface area contributed by atoms with E-state index in [1.807, 2.05) is 31.2 Å². The minimum Gasteiger partial charge on any atom is -0.465 e. The molecule has 2 rings (SSSR count). The first kappa shape index (κ1) is 13.7. The number of nitro groups is 1. The van der Waals surface area contributed by atoms with Gasteiger partial charge >= 0.3 is 11.8 Å². The predicted octanol–water partition coefficient (Wildman–Crippen LogP) is 1.93. The highest BCUT2D eigenvalue weighted by Crippen LogP contribution is 2.17. The van der Waals surface area contributed by atoms with Crippen LogP contribution in [0, 0.1) is 17.0 Å². The first-order chi connectivity index (χ1) is 9.51. The summed E-state index contributed by atoms with van der Waals surface area (Å²) in [6.07, 6.45) is 1.32. The normalized spacial score (nSPS) is 10.3. The largest absolute Gasteiger partial charge is 0.465 e.